The molecule has 4 heteroatoms. The van der Waals surface area contributed by atoms with Crippen molar-refractivity contribution in [2.45, 2.75) is 6.42 Å². The monoisotopic (exact) mass is 189 g/mol. The number of non-ortho nitro benzene ring substituents is 1. The Morgan fingerprint density at radius 1 is 1.21 bits per heavy atom. The van der Waals surface area contributed by atoms with E-state index in [9.17, 15) is 14.9 Å². The van der Waals surface area contributed by atoms with E-state index in [1.807, 2.05) is 0 Å². The van der Waals surface area contributed by atoms with Gasteiger partial charge in [-0.3, -0.25) is 14.9 Å². The van der Waals surface area contributed by atoms with Crippen LogP contribution >= 0.6 is 0 Å². The maximum absolute atomic E-state index is 10.7. The Hall–Kier alpha value is -1.97. The lowest BCUT2D eigenvalue weighted by molar-refractivity contribution is -0.384. The lowest BCUT2D eigenvalue weighted by Crippen LogP contribution is -2.06. The lowest BCUT2D eigenvalue weighted by Gasteiger charge is -2.12. The van der Waals surface area contributed by atoms with Crippen molar-refractivity contribution in [3.05, 3.63) is 46.0 Å². The number of nitrogens with zero attached hydrogens (tertiary/aromatic N) is 1. The van der Waals surface area contributed by atoms with Crippen LogP contribution in [0.2, 0.25) is 0 Å². The maximum atomic E-state index is 10.7. The molecule has 0 amide bonds. The van der Waals surface area contributed by atoms with Crippen molar-refractivity contribution in [3.8, 4) is 0 Å². The molecule has 0 heterocycles. The average molecular weight is 189 g/mol. The third-order valence-corrected chi connectivity index (χ3v) is 2.15. The minimum atomic E-state index is -0.440. The second-order valence-corrected chi connectivity index (χ2v) is 3.12. The molecule has 0 aliphatic heterocycles. The van der Waals surface area contributed by atoms with Gasteiger partial charge in [0.05, 0.1) is 4.92 Å². The Morgan fingerprint density at radius 2 is 1.79 bits per heavy atom. The molecule has 4 nitrogen and oxygen atoms in total. The van der Waals surface area contributed by atoms with Crippen LogP contribution in [-0.2, 0) is 4.79 Å². The highest BCUT2D eigenvalue weighted by Crippen LogP contribution is 2.27. The first-order chi connectivity index (χ1) is 6.66. The summed E-state index contributed by atoms with van der Waals surface area (Å²) in [5.41, 5.74) is 1.90. The number of nitro groups is 1. The molecule has 0 bridgehead atoms. The Morgan fingerprint density at radius 3 is 2.21 bits per heavy atom. The quantitative estimate of drug-likeness (QED) is 0.527. The zero-order valence-electron chi connectivity index (χ0n) is 7.27. The number of hydrogen-bond acceptors (Lipinski definition) is 3. The number of carbonyl (C=O) groups excluding carboxylic acids is 1. The first-order valence-corrected chi connectivity index (χ1v) is 4.15. The van der Waals surface area contributed by atoms with Crippen LogP contribution < -0.4 is 0 Å². The summed E-state index contributed by atoms with van der Waals surface area (Å²) in [5, 5.41) is 10.4. The lowest BCUT2D eigenvalue weighted by atomic mass is 9.91. The molecule has 0 spiro atoms. The molecule has 1 aromatic carbocycles. The summed E-state index contributed by atoms with van der Waals surface area (Å²) in [4.78, 5) is 20.6. The molecule has 0 unspecified atom stereocenters. The molecular weight excluding hydrogens is 182 g/mol. The maximum Gasteiger partial charge on any atom is 0.269 e. The van der Waals surface area contributed by atoms with E-state index in [1.165, 1.54) is 12.1 Å². The van der Waals surface area contributed by atoms with E-state index < -0.39 is 4.92 Å². The van der Waals surface area contributed by atoms with E-state index in [-0.39, 0.29) is 11.5 Å². The minimum Gasteiger partial charge on any atom is -0.294 e. The van der Waals surface area contributed by atoms with Gasteiger partial charge in [-0.1, -0.05) is 0 Å². The molecule has 0 saturated carbocycles. The van der Waals surface area contributed by atoms with Crippen molar-refractivity contribution < 1.29 is 9.72 Å². The number of rotatable bonds is 2. The molecular formula is C10H7NO3. The number of allylic oxidation sites excluding steroid dienone is 2. The highest BCUT2D eigenvalue weighted by molar-refractivity contribution is 6.11. The van der Waals surface area contributed by atoms with Crippen LogP contribution in [0.3, 0.4) is 0 Å². The molecule has 0 atom stereocenters. The summed E-state index contributed by atoms with van der Waals surface area (Å²) in [5.74, 6) is 0.110. The molecule has 0 saturated heterocycles. The SMILES string of the molecule is O=C1C=C(c2ccc([N+](=O)[O-])cc2)C1. The van der Waals surface area contributed by atoms with Gasteiger partial charge in [-0.05, 0) is 29.3 Å². The van der Waals surface area contributed by atoms with Crippen LogP contribution in [0, 0.1) is 10.1 Å². The van der Waals surface area contributed by atoms with Crippen molar-refractivity contribution in [3.63, 3.8) is 0 Å². The zero-order valence-corrected chi connectivity index (χ0v) is 7.27. The summed E-state index contributed by atoms with van der Waals surface area (Å²) >= 11 is 0. The van der Waals surface area contributed by atoms with Gasteiger partial charge in [0.1, 0.15) is 0 Å². The van der Waals surface area contributed by atoms with Crippen LogP contribution in [0.25, 0.3) is 5.57 Å². The molecule has 14 heavy (non-hydrogen) atoms. The molecule has 0 aromatic heterocycles. The van der Waals surface area contributed by atoms with E-state index in [1.54, 1.807) is 18.2 Å². The molecule has 0 N–H and O–H groups in total. The summed E-state index contributed by atoms with van der Waals surface area (Å²) in [6.45, 7) is 0. The fraction of sp³-hybridized carbons (Fsp3) is 0.100. The standard InChI is InChI=1S/C10H7NO3/c12-10-5-8(6-10)7-1-3-9(4-2-7)11(13)14/h1-5H,6H2. The van der Waals surface area contributed by atoms with Crippen molar-refractivity contribution in [2.24, 2.45) is 0 Å². The van der Waals surface area contributed by atoms with Crippen molar-refractivity contribution in [2.75, 3.05) is 0 Å². The van der Waals surface area contributed by atoms with Gasteiger partial charge in [0, 0.05) is 18.6 Å². The molecule has 70 valence electrons. The van der Waals surface area contributed by atoms with Gasteiger partial charge in [-0.2, -0.15) is 0 Å². The Balaban J connectivity index is 2.27. The Labute approximate surface area is 80.0 Å². The zero-order chi connectivity index (χ0) is 10.1. The van der Waals surface area contributed by atoms with Crippen LogP contribution in [0.4, 0.5) is 5.69 Å². The number of nitro benzene ring substituents is 1. The topological polar surface area (TPSA) is 60.2 Å². The summed E-state index contributed by atoms with van der Waals surface area (Å²) in [6, 6.07) is 6.21. The van der Waals surface area contributed by atoms with Crippen molar-refractivity contribution >= 4 is 17.0 Å². The third kappa shape index (κ3) is 1.42. The van der Waals surface area contributed by atoms with E-state index in [0.29, 0.717) is 6.42 Å². The van der Waals surface area contributed by atoms with E-state index >= 15 is 0 Å². The number of benzene rings is 1. The molecule has 2 rings (SSSR count). The first-order valence-electron chi connectivity index (χ1n) is 4.15. The van der Waals surface area contributed by atoms with Gasteiger partial charge in [0.25, 0.3) is 5.69 Å². The van der Waals surface area contributed by atoms with Crippen LogP contribution in [0.1, 0.15) is 12.0 Å². The highest BCUT2D eigenvalue weighted by atomic mass is 16.6. The van der Waals surface area contributed by atoms with Gasteiger partial charge in [0.2, 0.25) is 0 Å². The van der Waals surface area contributed by atoms with Crippen molar-refractivity contribution in [1.29, 1.82) is 0 Å². The average Bonchev–Trinajstić information content (AvgIpc) is 2.13. The van der Waals surface area contributed by atoms with E-state index in [2.05, 4.69) is 0 Å². The molecule has 1 aliphatic carbocycles. The van der Waals surface area contributed by atoms with Gasteiger partial charge in [-0.15, -0.1) is 0 Å². The molecule has 1 aromatic rings. The van der Waals surface area contributed by atoms with Gasteiger partial charge in [-0.25, -0.2) is 0 Å². The van der Waals surface area contributed by atoms with E-state index in [4.69, 9.17) is 0 Å². The molecule has 0 radical (unpaired) electrons. The second-order valence-electron chi connectivity index (χ2n) is 3.12. The molecule has 1 aliphatic rings. The summed E-state index contributed by atoms with van der Waals surface area (Å²) < 4.78 is 0. The van der Waals surface area contributed by atoms with Crippen LogP contribution in [0.15, 0.2) is 30.3 Å². The summed E-state index contributed by atoms with van der Waals surface area (Å²) in [6.07, 6.45) is 2.00. The normalized spacial score (nSPS) is 14.6. The van der Waals surface area contributed by atoms with Crippen molar-refractivity contribution in [1.82, 2.24) is 0 Å². The predicted molar refractivity (Wildman–Crippen MR) is 50.7 cm³/mol. The van der Waals surface area contributed by atoms with Gasteiger partial charge < -0.3 is 0 Å². The van der Waals surface area contributed by atoms with Crippen LogP contribution in [-0.4, -0.2) is 10.7 Å². The minimum absolute atomic E-state index is 0.0694. The fourth-order valence-electron chi connectivity index (χ4n) is 1.34. The smallest absolute Gasteiger partial charge is 0.269 e. The number of carbonyl (C=O) groups is 1. The van der Waals surface area contributed by atoms with Gasteiger partial charge in [0.15, 0.2) is 5.78 Å². The first kappa shape index (κ1) is 8.62. The largest absolute Gasteiger partial charge is 0.294 e. The number of hydrogen-bond donors (Lipinski definition) is 0. The Kier molecular flexibility index (Phi) is 1.89. The number of ketones is 1. The van der Waals surface area contributed by atoms with E-state index in [0.717, 1.165) is 11.1 Å². The highest BCUT2D eigenvalue weighted by Gasteiger charge is 2.17. The Bertz CT molecular complexity index is 431. The third-order valence-electron chi connectivity index (χ3n) is 2.15. The predicted octanol–water partition coefficient (Wildman–Crippen LogP) is 1.95. The van der Waals surface area contributed by atoms with Gasteiger partial charge >= 0.3 is 0 Å². The summed E-state index contributed by atoms with van der Waals surface area (Å²) in [7, 11) is 0. The fourth-order valence-corrected chi connectivity index (χ4v) is 1.34. The molecule has 0 fully saturated rings. The van der Waals surface area contributed by atoms with Crippen LogP contribution in [0.5, 0.6) is 0 Å². The second kappa shape index (κ2) is 3.06.